The summed E-state index contributed by atoms with van der Waals surface area (Å²) in [5.41, 5.74) is 1.68. The lowest BCUT2D eigenvalue weighted by molar-refractivity contribution is -0.189. The second kappa shape index (κ2) is 7.51. The Hall–Kier alpha value is -2.88. The van der Waals surface area contributed by atoms with Crippen LogP contribution in [0.4, 0.5) is 23.4 Å². The minimum atomic E-state index is -4.45. The van der Waals surface area contributed by atoms with Crippen molar-refractivity contribution < 1.29 is 22.3 Å². The number of hydrogen-bond acceptors (Lipinski definition) is 5. The third kappa shape index (κ3) is 4.12. The lowest BCUT2D eigenvalue weighted by Gasteiger charge is -2.17. The van der Waals surface area contributed by atoms with Crippen LogP contribution in [0.5, 0.6) is 5.75 Å². The van der Waals surface area contributed by atoms with E-state index in [4.69, 9.17) is 4.74 Å². The molecule has 0 amide bonds. The summed E-state index contributed by atoms with van der Waals surface area (Å²) in [7, 11) is 0. The highest BCUT2D eigenvalue weighted by Gasteiger charge is 2.38. The van der Waals surface area contributed by atoms with E-state index < -0.39 is 18.5 Å². The molecular weight excluding hydrogens is 390 g/mol. The Labute approximate surface area is 163 Å². The summed E-state index contributed by atoms with van der Waals surface area (Å²) in [5, 5.41) is 6.06. The zero-order valence-corrected chi connectivity index (χ0v) is 15.4. The number of rotatable bonds is 5. The van der Waals surface area contributed by atoms with Crippen molar-refractivity contribution >= 4 is 11.5 Å². The molecule has 1 aliphatic rings. The molecule has 0 aliphatic carbocycles. The van der Waals surface area contributed by atoms with Crippen LogP contribution in [0.1, 0.15) is 6.92 Å². The van der Waals surface area contributed by atoms with Gasteiger partial charge in [-0.3, -0.25) is 4.40 Å². The molecule has 1 saturated heterocycles. The van der Waals surface area contributed by atoms with Gasteiger partial charge in [0.05, 0.1) is 23.6 Å². The average molecular weight is 409 g/mol. The van der Waals surface area contributed by atoms with E-state index in [-0.39, 0.29) is 11.8 Å². The first-order valence-corrected chi connectivity index (χ1v) is 9.10. The Morgan fingerprint density at radius 2 is 2.10 bits per heavy atom. The van der Waals surface area contributed by atoms with Gasteiger partial charge in [0, 0.05) is 25.4 Å². The van der Waals surface area contributed by atoms with Crippen molar-refractivity contribution in [1.29, 1.82) is 0 Å². The van der Waals surface area contributed by atoms with Crippen molar-refractivity contribution in [3.8, 4) is 17.1 Å². The molecule has 10 heteroatoms. The van der Waals surface area contributed by atoms with Gasteiger partial charge in [0.2, 0.25) is 0 Å². The van der Waals surface area contributed by atoms with Crippen LogP contribution >= 0.6 is 0 Å². The highest BCUT2D eigenvalue weighted by Crippen LogP contribution is 2.27. The number of anilines is 1. The highest BCUT2D eigenvalue weighted by atomic mass is 19.4. The van der Waals surface area contributed by atoms with E-state index in [1.165, 1.54) is 12.1 Å². The molecule has 0 spiro atoms. The minimum Gasteiger partial charge on any atom is -0.481 e. The summed E-state index contributed by atoms with van der Waals surface area (Å²) in [6.07, 6.45) is -4.21. The van der Waals surface area contributed by atoms with Crippen molar-refractivity contribution in [3.63, 3.8) is 0 Å². The van der Waals surface area contributed by atoms with Crippen molar-refractivity contribution in [2.75, 3.05) is 18.4 Å². The SMILES string of the molecule is C[C@@H](Oc1ccn2c(-c3cccc(N[C@@H]4CNC[C@H]4F)n3)cnc2c1)C(F)(F)F. The van der Waals surface area contributed by atoms with Crippen molar-refractivity contribution in [2.24, 2.45) is 0 Å². The zero-order chi connectivity index (χ0) is 20.6. The van der Waals surface area contributed by atoms with Gasteiger partial charge in [0.15, 0.2) is 6.10 Å². The van der Waals surface area contributed by atoms with Crippen molar-refractivity contribution in [1.82, 2.24) is 19.7 Å². The second-order valence-electron chi connectivity index (χ2n) is 6.87. The third-order valence-electron chi connectivity index (χ3n) is 4.74. The monoisotopic (exact) mass is 409 g/mol. The number of nitrogens with one attached hydrogen (secondary N) is 2. The van der Waals surface area contributed by atoms with Crippen LogP contribution < -0.4 is 15.4 Å². The van der Waals surface area contributed by atoms with Crippen LogP contribution in [-0.4, -0.2) is 52.0 Å². The number of imidazole rings is 1. The Kier molecular flexibility index (Phi) is 5.03. The molecule has 1 aliphatic heterocycles. The Morgan fingerprint density at radius 3 is 2.83 bits per heavy atom. The maximum atomic E-state index is 13.8. The lowest BCUT2D eigenvalue weighted by atomic mass is 10.2. The number of halogens is 4. The topological polar surface area (TPSA) is 63.5 Å². The fourth-order valence-electron chi connectivity index (χ4n) is 3.13. The lowest BCUT2D eigenvalue weighted by Crippen LogP contribution is -2.31. The molecule has 0 saturated carbocycles. The largest absolute Gasteiger partial charge is 0.481 e. The number of pyridine rings is 2. The predicted molar refractivity (Wildman–Crippen MR) is 99.7 cm³/mol. The van der Waals surface area contributed by atoms with Gasteiger partial charge >= 0.3 is 6.18 Å². The van der Waals surface area contributed by atoms with Gasteiger partial charge in [0.1, 0.15) is 23.4 Å². The van der Waals surface area contributed by atoms with Crippen molar-refractivity contribution in [3.05, 3.63) is 42.7 Å². The normalized spacial score (nSPS) is 20.7. The Bertz CT molecular complexity index is 1010. The summed E-state index contributed by atoms with van der Waals surface area (Å²) in [4.78, 5) is 8.76. The number of hydrogen-bond donors (Lipinski definition) is 2. The van der Waals surface area contributed by atoms with Gasteiger partial charge in [-0.15, -0.1) is 0 Å². The van der Waals surface area contributed by atoms with E-state index in [0.29, 0.717) is 35.9 Å². The van der Waals surface area contributed by atoms with Crippen LogP contribution in [-0.2, 0) is 0 Å². The van der Waals surface area contributed by atoms with Gasteiger partial charge < -0.3 is 15.4 Å². The molecule has 0 aromatic carbocycles. The summed E-state index contributed by atoms with van der Waals surface area (Å²) in [5.74, 6) is 0.610. The van der Waals surface area contributed by atoms with E-state index >= 15 is 0 Å². The Balaban J connectivity index is 1.57. The number of ether oxygens (including phenoxy) is 1. The van der Waals surface area contributed by atoms with Crippen LogP contribution in [0.15, 0.2) is 42.7 Å². The maximum Gasteiger partial charge on any atom is 0.425 e. The molecule has 154 valence electrons. The van der Waals surface area contributed by atoms with Crippen molar-refractivity contribution in [2.45, 2.75) is 31.4 Å². The molecule has 3 atom stereocenters. The standard InChI is InChI=1S/C19H19F4N5O/c1-11(19(21,22)23)29-12-5-6-28-16(10-25-18(28)7-12)14-3-2-4-17(26-14)27-15-9-24-8-13(15)20/h2-7,10-11,13,15,24H,8-9H2,1H3,(H,26,27)/t11-,13-,15-/m1/s1. The maximum absolute atomic E-state index is 13.8. The molecule has 1 fully saturated rings. The predicted octanol–water partition coefficient (Wildman–Crippen LogP) is 3.45. The molecule has 4 rings (SSSR count). The first-order chi connectivity index (χ1) is 13.8. The van der Waals surface area contributed by atoms with Crippen LogP contribution in [0.3, 0.4) is 0 Å². The van der Waals surface area contributed by atoms with E-state index in [9.17, 15) is 17.6 Å². The summed E-state index contributed by atoms with van der Waals surface area (Å²) in [6, 6.07) is 7.86. The van der Waals surface area contributed by atoms with E-state index in [0.717, 1.165) is 6.92 Å². The molecule has 3 aromatic heterocycles. The molecule has 3 aromatic rings. The molecule has 0 radical (unpaired) electrons. The van der Waals surface area contributed by atoms with E-state index in [2.05, 4.69) is 20.6 Å². The number of aromatic nitrogens is 3. The summed E-state index contributed by atoms with van der Waals surface area (Å²) >= 11 is 0. The van der Waals surface area contributed by atoms with Gasteiger partial charge in [-0.25, -0.2) is 14.4 Å². The van der Waals surface area contributed by atoms with Crippen LogP contribution in [0.2, 0.25) is 0 Å². The molecule has 0 unspecified atom stereocenters. The first-order valence-electron chi connectivity index (χ1n) is 9.10. The van der Waals surface area contributed by atoms with Gasteiger partial charge in [-0.1, -0.05) is 6.07 Å². The third-order valence-corrected chi connectivity index (χ3v) is 4.74. The zero-order valence-electron chi connectivity index (χ0n) is 15.4. The molecule has 6 nitrogen and oxygen atoms in total. The molecular formula is C19H19F4N5O. The summed E-state index contributed by atoms with van der Waals surface area (Å²) in [6.45, 7) is 1.77. The van der Waals surface area contributed by atoms with Crippen LogP contribution in [0.25, 0.3) is 17.0 Å². The van der Waals surface area contributed by atoms with E-state index in [1.807, 2.05) is 0 Å². The quantitative estimate of drug-likeness (QED) is 0.632. The smallest absolute Gasteiger partial charge is 0.425 e. The van der Waals surface area contributed by atoms with Gasteiger partial charge in [-0.05, 0) is 25.1 Å². The number of alkyl halides is 4. The fourth-order valence-corrected chi connectivity index (χ4v) is 3.13. The average Bonchev–Trinajstić information content (AvgIpc) is 3.27. The van der Waals surface area contributed by atoms with Crippen LogP contribution in [0, 0.1) is 0 Å². The molecule has 29 heavy (non-hydrogen) atoms. The minimum absolute atomic E-state index is 0.0746. The van der Waals surface area contributed by atoms with E-state index in [1.54, 1.807) is 35.0 Å². The van der Waals surface area contributed by atoms with Gasteiger partial charge in [0.25, 0.3) is 0 Å². The fraction of sp³-hybridized carbons (Fsp3) is 0.368. The number of nitrogens with zero attached hydrogens (tertiary/aromatic N) is 3. The second-order valence-corrected chi connectivity index (χ2v) is 6.87. The highest BCUT2D eigenvalue weighted by molar-refractivity contribution is 5.63. The molecule has 4 heterocycles. The first kappa shape index (κ1) is 19.4. The number of fused-ring (bicyclic) bond motifs is 1. The Morgan fingerprint density at radius 1 is 1.28 bits per heavy atom. The molecule has 2 N–H and O–H groups in total. The van der Waals surface area contributed by atoms with Gasteiger partial charge in [-0.2, -0.15) is 13.2 Å². The molecule has 0 bridgehead atoms. The summed E-state index contributed by atoms with van der Waals surface area (Å²) < 4.78 is 58.6.